The number of likely N-dealkylation sites (tertiary alicyclic amines) is 1. The molecule has 7 nitrogen and oxygen atoms in total. The van der Waals surface area contributed by atoms with Crippen molar-refractivity contribution in [1.29, 1.82) is 0 Å². The fourth-order valence-electron chi connectivity index (χ4n) is 4.75. The molecule has 0 aliphatic carbocycles. The lowest BCUT2D eigenvalue weighted by Gasteiger charge is -2.42. The van der Waals surface area contributed by atoms with Gasteiger partial charge in [-0.05, 0) is 56.1 Å². The summed E-state index contributed by atoms with van der Waals surface area (Å²) in [7, 11) is 0. The molecule has 2 aromatic heterocycles. The Hall–Kier alpha value is -3.23. The summed E-state index contributed by atoms with van der Waals surface area (Å²) in [5, 5.41) is 16.6. The number of rotatable bonds is 8. The van der Waals surface area contributed by atoms with E-state index in [2.05, 4.69) is 86.2 Å². The number of piperidine rings is 1. The molecule has 35 heavy (non-hydrogen) atoms. The van der Waals surface area contributed by atoms with Gasteiger partial charge in [0.2, 0.25) is 5.91 Å². The highest BCUT2D eigenvalue weighted by atomic mass is 32.2. The molecular formula is C27H30N6OS. The average Bonchev–Trinajstić information content (AvgIpc) is 3.28. The van der Waals surface area contributed by atoms with Crippen molar-refractivity contribution >= 4 is 23.3 Å². The highest BCUT2D eigenvalue weighted by molar-refractivity contribution is 7.99. The Kier molecular flexibility index (Phi) is 7.11. The van der Waals surface area contributed by atoms with Crippen molar-refractivity contribution in [3.05, 3.63) is 89.7 Å². The van der Waals surface area contributed by atoms with Crippen LogP contribution in [0.25, 0.3) is 5.65 Å². The van der Waals surface area contributed by atoms with Gasteiger partial charge in [-0.15, -0.1) is 10.2 Å². The fourth-order valence-corrected chi connectivity index (χ4v) is 5.44. The van der Waals surface area contributed by atoms with E-state index in [1.54, 1.807) is 4.52 Å². The zero-order chi connectivity index (χ0) is 24.1. The molecule has 4 aromatic rings. The van der Waals surface area contributed by atoms with Crippen molar-refractivity contribution in [3.63, 3.8) is 0 Å². The first kappa shape index (κ1) is 23.5. The smallest absolute Gasteiger partial charge is 0.230 e. The average molecular weight is 487 g/mol. The van der Waals surface area contributed by atoms with Crippen molar-refractivity contribution in [2.45, 2.75) is 36.8 Å². The molecule has 0 spiro atoms. The number of thioether (sulfide) groups is 1. The molecule has 2 aromatic carbocycles. The largest absolute Gasteiger partial charge is 0.354 e. The van der Waals surface area contributed by atoms with Crippen LogP contribution in [0.15, 0.2) is 77.8 Å². The van der Waals surface area contributed by atoms with Gasteiger partial charge in [0.15, 0.2) is 11.5 Å². The Morgan fingerprint density at radius 3 is 2.43 bits per heavy atom. The monoisotopic (exact) mass is 486 g/mol. The molecule has 0 bridgehead atoms. The van der Waals surface area contributed by atoms with E-state index >= 15 is 0 Å². The molecule has 1 saturated heterocycles. The highest BCUT2D eigenvalue weighted by Crippen LogP contribution is 2.35. The first-order valence-electron chi connectivity index (χ1n) is 12.0. The third-order valence-corrected chi connectivity index (χ3v) is 7.74. The Morgan fingerprint density at radius 1 is 0.971 bits per heavy atom. The second-order valence-electron chi connectivity index (χ2n) is 9.16. The number of carbonyl (C=O) groups excluding carboxylic acids is 1. The number of nitrogens with one attached hydrogen (secondary N) is 1. The zero-order valence-electron chi connectivity index (χ0n) is 19.9. The Labute approximate surface area is 209 Å². The molecule has 1 amide bonds. The Balaban J connectivity index is 1.20. The van der Waals surface area contributed by atoms with Crippen LogP contribution < -0.4 is 5.32 Å². The predicted molar refractivity (Wildman–Crippen MR) is 138 cm³/mol. The van der Waals surface area contributed by atoms with E-state index in [0.29, 0.717) is 17.9 Å². The topological polar surface area (TPSA) is 75.4 Å². The number of carbonyl (C=O) groups is 1. The van der Waals surface area contributed by atoms with E-state index < -0.39 is 0 Å². The number of benzene rings is 2. The van der Waals surface area contributed by atoms with Crippen LogP contribution >= 0.6 is 11.8 Å². The second-order valence-corrected chi connectivity index (χ2v) is 10.2. The lowest BCUT2D eigenvalue weighted by Crippen LogP contribution is -2.49. The quantitative estimate of drug-likeness (QED) is 0.381. The van der Waals surface area contributed by atoms with Crippen molar-refractivity contribution in [2.75, 3.05) is 25.4 Å². The summed E-state index contributed by atoms with van der Waals surface area (Å²) >= 11 is 1.43. The van der Waals surface area contributed by atoms with Gasteiger partial charge >= 0.3 is 0 Å². The highest BCUT2D eigenvalue weighted by Gasteiger charge is 2.36. The molecular weight excluding hydrogens is 456 g/mol. The summed E-state index contributed by atoms with van der Waals surface area (Å²) in [6, 6.07) is 25.1. The van der Waals surface area contributed by atoms with Crippen LogP contribution in [-0.4, -0.2) is 56.0 Å². The van der Waals surface area contributed by atoms with Crippen LogP contribution in [0.4, 0.5) is 0 Å². The molecule has 0 atom stereocenters. The molecule has 1 aliphatic rings. The molecule has 3 heterocycles. The normalized spacial score (nSPS) is 15.8. The second kappa shape index (κ2) is 10.6. The fraction of sp³-hybridized carbons (Fsp3) is 0.333. The molecule has 0 saturated carbocycles. The minimum absolute atomic E-state index is 0.0272. The van der Waals surface area contributed by atoms with Gasteiger partial charge in [-0.1, -0.05) is 72.4 Å². The molecule has 0 unspecified atom stereocenters. The number of fused-ring (bicyclic) bond motifs is 1. The van der Waals surface area contributed by atoms with Crippen LogP contribution in [-0.2, 0) is 16.8 Å². The number of nitrogens with zero attached hydrogens (tertiary/aromatic N) is 5. The number of aromatic nitrogens is 4. The standard InChI is InChI=1S/C27H30N6OS/c1-21-29-30-24-12-13-26(31-33(21)24)35-19-25(34)28-20-27(23-10-6-3-7-11-23)14-16-32(17-15-27)18-22-8-4-2-5-9-22/h2-13H,14-20H2,1H3,(H,28,34). The lowest BCUT2D eigenvalue weighted by molar-refractivity contribution is -0.118. The summed E-state index contributed by atoms with van der Waals surface area (Å²) in [5.74, 6) is 1.08. The lowest BCUT2D eigenvalue weighted by atomic mass is 9.72. The van der Waals surface area contributed by atoms with E-state index in [-0.39, 0.29) is 11.3 Å². The van der Waals surface area contributed by atoms with Crippen LogP contribution in [0.1, 0.15) is 29.8 Å². The SMILES string of the molecule is Cc1nnc2ccc(SCC(=O)NCC3(c4ccccc4)CCN(Cc4ccccc4)CC3)nn12. The summed E-state index contributed by atoms with van der Waals surface area (Å²) in [6.45, 7) is 5.50. The van der Waals surface area contributed by atoms with Crippen LogP contribution in [0.2, 0.25) is 0 Å². The number of amides is 1. The van der Waals surface area contributed by atoms with Crippen molar-refractivity contribution in [3.8, 4) is 0 Å². The first-order valence-corrected chi connectivity index (χ1v) is 13.0. The van der Waals surface area contributed by atoms with E-state index in [1.807, 2.05) is 19.1 Å². The summed E-state index contributed by atoms with van der Waals surface area (Å²) in [4.78, 5) is 15.3. The van der Waals surface area contributed by atoms with Gasteiger partial charge < -0.3 is 5.32 Å². The van der Waals surface area contributed by atoms with Crippen LogP contribution in [0.5, 0.6) is 0 Å². The molecule has 1 N–H and O–H groups in total. The summed E-state index contributed by atoms with van der Waals surface area (Å²) in [5.41, 5.74) is 3.31. The first-order chi connectivity index (χ1) is 17.1. The summed E-state index contributed by atoms with van der Waals surface area (Å²) < 4.78 is 1.70. The van der Waals surface area contributed by atoms with Crippen molar-refractivity contribution in [2.24, 2.45) is 0 Å². The minimum Gasteiger partial charge on any atom is -0.354 e. The molecule has 1 fully saturated rings. The maximum atomic E-state index is 12.8. The Morgan fingerprint density at radius 2 is 1.69 bits per heavy atom. The molecule has 180 valence electrons. The van der Waals surface area contributed by atoms with Gasteiger partial charge in [-0.2, -0.15) is 9.61 Å². The van der Waals surface area contributed by atoms with E-state index in [0.717, 1.165) is 43.3 Å². The predicted octanol–water partition coefficient (Wildman–Crippen LogP) is 3.88. The number of hydrogen-bond acceptors (Lipinski definition) is 6. The Bertz CT molecular complexity index is 1270. The van der Waals surface area contributed by atoms with Gasteiger partial charge in [0.05, 0.1) is 5.75 Å². The van der Waals surface area contributed by atoms with E-state index in [4.69, 9.17) is 0 Å². The van der Waals surface area contributed by atoms with Gasteiger partial charge in [0.1, 0.15) is 5.03 Å². The van der Waals surface area contributed by atoms with Gasteiger partial charge in [-0.25, -0.2) is 0 Å². The minimum atomic E-state index is -0.0501. The van der Waals surface area contributed by atoms with E-state index in [9.17, 15) is 4.79 Å². The molecule has 5 rings (SSSR count). The molecule has 1 aliphatic heterocycles. The van der Waals surface area contributed by atoms with Crippen molar-refractivity contribution in [1.82, 2.24) is 30.0 Å². The maximum absolute atomic E-state index is 12.8. The van der Waals surface area contributed by atoms with Crippen molar-refractivity contribution < 1.29 is 4.79 Å². The zero-order valence-corrected chi connectivity index (χ0v) is 20.7. The van der Waals surface area contributed by atoms with E-state index in [1.165, 1.54) is 22.9 Å². The van der Waals surface area contributed by atoms with Gasteiger partial charge in [-0.3, -0.25) is 9.69 Å². The van der Waals surface area contributed by atoms with Crippen LogP contribution in [0.3, 0.4) is 0 Å². The van der Waals surface area contributed by atoms with Gasteiger partial charge in [0.25, 0.3) is 0 Å². The van der Waals surface area contributed by atoms with Gasteiger partial charge in [0, 0.05) is 18.5 Å². The molecule has 8 heteroatoms. The third-order valence-electron chi connectivity index (χ3n) is 6.82. The third kappa shape index (κ3) is 5.55. The van der Waals surface area contributed by atoms with Crippen LogP contribution in [0, 0.1) is 6.92 Å². The molecule has 0 radical (unpaired) electrons. The summed E-state index contributed by atoms with van der Waals surface area (Å²) in [6.07, 6.45) is 2.03. The number of aryl methyl sites for hydroxylation is 1. The maximum Gasteiger partial charge on any atom is 0.230 e. The number of hydrogen-bond donors (Lipinski definition) is 1.